The highest BCUT2D eigenvalue weighted by Gasteiger charge is 2.05. The Kier molecular flexibility index (Phi) is 12.3. The summed E-state index contributed by atoms with van der Waals surface area (Å²) in [5.41, 5.74) is 3.57. The Hall–Kier alpha value is -0.910. The number of nitrogens with zero attached hydrogens (tertiary/aromatic N) is 2. The van der Waals surface area contributed by atoms with Gasteiger partial charge in [0, 0.05) is 29.0 Å². The van der Waals surface area contributed by atoms with Crippen LogP contribution in [0.1, 0.15) is 11.1 Å². The van der Waals surface area contributed by atoms with E-state index in [1.807, 2.05) is 12.3 Å². The zero-order valence-electron chi connectivity index (χ0n) is 12.4. The number of pyridine rings is 1. The molecule has 1 heterocycles. The molecule has 2 N–H and O–H groups in total. The maximum Gasteiger partial charge on any atom is 0.0346 e. The molecule has 2 aromatic rings. The highest BCUT2D eigenvalue weighted by Crippen LogP contribution is 2.24. The molecule has 22 heavy (non-hydrogen) atoms. The highest BCUT2D eigenvalue weighted by molar-refractivity contribution is 9.10. The predicted octanol–water partition coefficient (Wildman–Crippen LogP) is -2.98. The smallest absolute Gasteiger partial charge is 0.0346 e. The van der Waals surface area contributed by atoms with Crippen molar-refractivity contribution in [3.63, 3.8) is 0 Å². The maximum absolute atomic E-state index is 4.21. The SMILES string of the molecule is CN(C)C/C=C(\c1ccc(Br)cc1)c1cccnc1.O.[Cl-].[Cl-]. The number of halogens is 3. The van der Waals surface area contributed by atoms with Crippen molar-refractivity contribution in [2.24, 2.45) is 0 Å². The Morgan fingerprint density at radius 1 is 1.09 bits per heavy atom. The summed E-state index contributed by atoms with van der Waals surface area (Å²) in [4.78, 5) is 6.36. The standard InChI is InChI=1S/C16H17BrN2.2ClH.H2O/c1-19(2)11-9-16(14-4-3-10-18-12-14)13-5-7-15(17)8-6-13;;;/h3-10,12H,11H2,1-2H3;2*1H;1H2/p-2/b16-9+;;;. The van der Waals surface area contributed by atoms with Gasteiger partial charge in [0.05, 0.1) is 0 Å². The molecule has 0 spiro atoms. The summed E-state index contributed by atoms with van der Waals surface area (Å²) >= 11 is 3.47. The number of rotatable bonds is 4. The van der Waals surface area contributed by atoms with E-state index >= 15 is 0 Å². The molecule has 0 saturated carbocycles. The Morgan fingerprint density at radius 2 is 1.73 bits per heavy atom. The van der Waals surface area contributed by atoms with Gasteiger partial charge in [-0.3, -0.25) is 4.98 Å². The molecule has 6 heteroatoms. The summed E-state index contributed by atoms with van der Waals surface area (Å²) in [6.45, 7) is 0.903. The third-order valence-electron chi connectivity index (χ3n) is 2.79. The van der Waals surface area contributed by atoms with E-state index in [-0.39, 0.29) is 30.3 Å². The van der Waals surface area contributed by atoms with Crippen LogP contribution in [0.5, 0.6) is 0 Å². The van der Waals surface area contributed by atoms with Gasteiger partial charge in [-0.05, 0) is 43.4 Å². The molecule has 0 aliphatic heterocycles. The van der Waals surface area contributed by atoms with Gasteiger partial charge in [0.15, 0.2) is 0 Å². The lowest BCUT2D eigenvalue weighted by atomic mass is 9.99. The van der Waals surface area contributed by atoms with Crippen LogP contribution in [0.2, 0.25) is 0 Å². The summed E-state index contributed by atoms with van der Waals surface area (Å²) in [5, 5.41) is 0. The molecular formula is C16H19BrCl2N2O-2. The van der Waals surface area contributed by atoms with E-state index in [1.165, 1.54) is 11.1 Å². The molecule has 0 aliphatic carbocycles. The van der Waals surface area contributed by atoms with E-state index in [4.69, 9.17) is 0 Å². The van der Waals surface area contributed by atoms with Gasteiger partial charge < -0.3 is 35.2 Å². The van der Waals surface area contributed by atoms with E-state index in [0.717, 1.165) is 16.6 Å². The number of benzene rings is 1. The molecule has 0 aliphatic rings. The number of aromatic nitrogens is 1. The second-order valence-electron chi connectivity index (χ2n) is 4.63. The Morgan fingerprint density at radius 3 is 2.23 bits per heavy atom. The summed E-state index contributed by atoms with van der Waals surface area (Å²) in [7, 11) is 4.14. The predicted molar refractivity (Wildman–Crippen MR) is 87.6 cm³/mol. The van der Waals surface area contributed by atoms with Crippen LogP contribution in [0, 0.1) is 0 Å². The average molecular weight is 406 g/mol. The highest BCUT2D eigenvalue weighted by atomic mass is 79.9. The van der Waals surface area contributed by atoms with Crippen molar-refractivity contribution >= 4 is 21.5 Å². The summed E-state index contributed by atoms with van der Waals surface area (Å²) in [5.74, 6) is 0. The van der Waals surface area contributed by atoms with Crippen molar-refractivity contribution in [3.8, 4) is 0 Å². The van der Waals surface area contributed by atoms with Gasteiger partial charge in [-0.25, -0.2) is 0 Å². The first-order chi connectivity index (χ1) is 9.16. The Bertz CT molecular complexity index is 560. The van der Waals surface area contributed by atoms with Gasteiger partial charge in [-0.15, -0.1) is 0 Å². The molecule has 3 nitrogen and oxygen atoms in total. The van der Waals surface area contributed by atoms with E-state index in [0.29, 0.717) is 0 Å². The van der Waals surface area contributed by atoms with E-state index in [1.54, 1.807) is 6.20 Å². The molecule has 122 valence electrons. The van der Waals surface area contributed by atoms with Crippen LogP contribution in [0.15, 0.2) is 59.3 Å². The van der Waals surface area contributed by atoms with Crippen molar-refractivity contribution in [3.05, 3.63) is 70.5 Å². The first-order valence-electron chi connectivity index (χ1n) is 6.18. The fourth-order valence-electron chi connectivity index (χ4n) is 1.83. The molecule has 0 bridgehead atoms. The molecule has 1 aromatic carbocycles. The lowest BCUT2D eigenvalue weighted by Crippen LogP contribution is -3.00. The minimum Gasteiger partial charge on any atom is -1.00 e. The lowest BCUT2D eigenvalue weighted by Gasteiger charge is -2.11. The third-order valence-corrected chi connectivity index (χ3v) is 3.32. The van der Waals surface area contributed by atoms with Crippen molar-refractivity contribution in [2.75, 3.05) is 20.6 Å². The van der Waals surface area contributed by atoms with Gasteiger partial charge in [0.1, 0.15) is 0 Å². The molecule has 0 amide bonds. The zero-order chi connectivity index (χ0) is 13.7. The van der Waals surface area contributed by atoms with Crippen LogP contribution in [-0.4, -0.2) is 36.0 Å². The van der Waals surface area contributed by atoms with Crippen LogP contribution in [0.25, 0.3) is 5.57 Å². The Balaban J connectivity index is 0. The first-order valence-corrected chi connectivity index (χ1v) is 6.97. The fourth-order valence-corrected chi connectivity index (χ4v) is 2.09. The largest absolute Gasteiger partial charge is 1.00 e. The fraction of sp³-hybridized carbons (Fsp3) is 0.188. The number of hydrogen-bond acceptors (Lipinski definition) is 2. The van der Waals surface area contributed by atoms with Gasteiger partial charge in [0.25, 0.3) is 0 Å². The second-order valence-corrected chi connectivity index (χ2v) is 5.54. The molecule has 2 rings (SSSR count). The van der Waals surface area contributed by atoms with Crippen LogP contribution in [-0.2, 0) is 0 Å². The van der Waals surface area contributed by atoms with Crippen LogP contribution in [0.3, 0.4) is 0 Å². The monoisotopic (exact) mass is 404 g/mol. The summed E-state index contributed by atoms with van der Waals surface area (Å²) in [6.07, 6.45) is 5.94. The van der Waals surface area contributed by atoms with Gasteiger partial charge >= 0.3 is 0 Å². The molecule has 0 atom stereocenters. The molecule has 0 radical (unpaired) electrons. The van der Waals surface area contributed by atoms with Gasteiger partial charge in [-0.1, -0.05) is 40.2 Å². The van der Waals surface area contributed by atoms with Crippen molar-refractivity contribution in [1.29, 1.82) is 0 Å². The normalized spacial score (nSPS) is 10.3. The molecule has 0 saturated heterocycles. The molecular weight excluding hydrogens is 387 g/mol. The summed E-state index contributed by atoms with van der Waals surface area (Å²) in [6, 6.07) is 12.4. The minimum atomic E-state index is 0. The number of hydrogen-bond donors (Lipinski definition) is 0. The lowest BCUT2D eigenvalue weighted by molar-refractivity contribution is -0.001000. The summed E-state index contributed by atoms with van der Waals surface area (Å²) < 4.78 is 1.09. The van der Waals surface area contributed by atoms with Crippen LogP contribution < -0.4 is 24.8 Å². The van der Waals surface area contributed by atoms with Crippen molar-refractivity contribution < 1.29 is 30.3 Å². The van der Waals surface area contributed by atoms with Gasteiger partial charge in [0.2, 0.25) is 0 Å². The average Bonchev–Trinajstić information content (AvgIpc) is 2.42. The molecule has 0 unspecified atom stereocenters. The van der Waals surface area contributed by atoms with E-state index in [9.17, 15) is 0 Å². The number of likely N-dealkylation sites (N-methyl/N-ethyl adjacent to an activating group) is 1. The third kappa shape index (κ3) is 6.90. The van der Waals surface area contributed by atoms with E-state index in [2.05, 4.69) is 76.3 Å². The quantitative estimate of drug-likeness (QED) is 0.545. The van der Waals surface area contributed by atoms with Crippen molar-refractivity contribution in [1.82, 2.24) is 9.88 Å². The maximum atomic E-state index is 4.21. The minimum absolute atomic E-state index is 0. The topological polar surface area (TPSA) is 47.6 Å². The zero-order valence-corrected chi connectivity index (χ0v) is 15.5. The molecule has 1 aromatic heterocycles. The van der Waals surface area contributed by atoms with Crippen molar-refractivity contribution in [2.45, 2.75) is 0 Å². The van der Waals surface area contributed by atoms with E-state index < -0.39 is 0 Å². The van der Waals surface area contributed by atoms with Gasteiger partial charge in [-0.2, -0.15) is 0 Å². The first kappa shape index (κ1) is 23.4. The Labute approximate surface area is 152 Å². The van der Waals surface area contributed by atoms with Crippen LogP contribution in [0.4, 0.5) is 0 Å². The van der Waals surface area contributed by atoms with Crippen LogP contribution >= 0.6 is 15.9 Å². The second kappa shape index (κ2) is 11.6. The molecule has 0 fully saturated rings.